The van der Waals surface area contributed by atoms with E-state index in [9.17, 15) is 43.9 Å². The topological polar surface area (TPSA) is 220 Å². The minimum absolute atomic E-state index is 0.0224. The molecule has 71 heavy (non-hydrogen) atoms. The highest BCUT2D eigenvalue weighted by molar-refractivity contribution is 6.46. The van der Waals surface area contributed by atoms with Crippen molar-refractivity contribution in [2.75, 3.05) is 7.11 Å². The average Bonchev–Trinajstić information content (AvgIpc) is 3.34. The molecule has 2 amide bonds. The third-order valence-electron chi connectivity index (χ3n) is 12.3. The van der Waals surface area contributed by atoms with Gasteiger partial charge in [-0.15, -0.1) is 0 Å². The van der Waals surface area contributed by atoms with Gasteiger partial charge in [0, 0.05) is 24.7 Å². The summed E-state index contributed by atoms with van der Waals surface area (Å²) in [5.74, 6) is -4.41. The summed E-state index contributed by atoms with van der Waals surface area (Å²) in [5, 5.41) is 41.3. The quantitative estimate of drug-likeness (QED) is 0.0234. The zero-order valence-corrected chi connectivity index (χ0v) is 42.9. The lowest BCUT2D eigenvalue weighted by Gasteiger charge is -2.28. The highest BCUT2D eigenvalue weighted by Crippen LogP contribution is 2.24. The molecule has 0 aliphatic rings. The van der Waals surface area contributed by atoms with E-state index in [1.54, 1.807) is 6.82 Å². The first-order chi connectivity index (χ1) is 33.7. The standard InChI is InChI=1S/C28H39BN2O5.C27H37BN2O5/c1-19(2)16-23(28(34)36-5)18-25(32)24(17-21-12-8-6-9-13-21)30-27(33)26(31-29(4)35)20(3)22-14-10-7-11-15-22;1-18(2)15-22(27(33)34)17-24(31)23(16-20-11-7-5-8-12-20)29-26(32)25(30-28(4)35)19(3)21-13-9-6-10-14-21/h6-15,19-20,23-24,26,31,35H,16-18H2,1-5H3,(H,30,33);5-14,18-19,22-23,25,30,35H,15-17H2,1-4H3,(H,29,32)(H,33,34)/t20-,23+,24-,26-;19-,22+,23-,25-/m11/s1. The summed E-state index contributed by atoms with van der Waals surface area (Å²) < 4.78 is 4.94. The monoisotopic (exact) mass is 975 g/mol. The number of carbonyl (C=O) groups is 6. The summed E-state index contributed by atoms with van der Waals surface area (Å²) in [6, 6.07) is 34.5. The Hall–Kier alpha value is -5.93. The molecule has 16 heteroatoms. The van der Waals surface area contributed by atoms with Crippen LogP contribution >= 0.6 is 0 Å². The number of methoxy groups -OCH3 is 1. The zero-order valence-electron chi connectivity index (χ0n) is 42.9. The summed E-state index contributed by atoms with van der Waals surface area (Å²) in [5.41, 5.74) is 3.60. The fraction of sp³-hybridized carbons (Fsp3) is 0.455. The number of carboxylic acid groups (broad SMARTS) is 1. The number of ether oxygens (including phenoxy) is 1. The second kappa shape index (κ2) is 30.7. The molecule has 0 fully saturated rings. The number of amides is 2. The molecule has 0 aliphatic heterocycles. The van der Waals surface area contributed by atoms with Crippen LogP contribution in [0.5, 0.6) is 0 Å². The van der Waals surface area contributed by atoms with E-state index in [0.717, 1.165) is 22.3 Å². The van der Waals surface area contributed by atoms with E-state index in [0.29, 0.717) is 19.3 Å². The molecular weight excluding hydrogens is 898 g/mol. The normalized spacial score (nSPS) is 14.5. The first-order valence-electron chi connectivity index (χ1n) is 24.7. The van der Waals surface area contributed by atoms with Crippen LogP contribution < -0.4 is 21.1 Å². The van der Waals surface area contributed by atoms with E-state index in [2.05, 4.69) is 21.1 Å². The fourth-order valence-corrected chi connectivity index (χ4v) is 8.63. The lowest BCUT2D eigenvalue weighted by Crippen LogP contribution is -2.55. The predicted molar refractivity (Wildman–Crippen MR) is 280 cm³/mol. The zero-order chi connectivity index (χ0) is 52.6. The maximum Gasteiger partial charge on any atom is 0.374 e. The van der Waals surface area contributed by atoms with Crippen LogP contribution in [0.25, 0.3) is 0 Å². The van der Waals surface area contributed by atoms with Gasteiger partial charge in [-0.05, 0) is 73.4 Å². The summed E-state index contributed by atoms with van der Waals surface area (Å²) in [7, 11) is -0.548. The van der Waals surface area contributed by atoms with Gasteiger partial charge in [0.25, 0.3) is 0 Å². The molecule has 0 spiro atoms. The molecular formula is C55H76B2N4O10. The number of aliphatic carboxylic acids is 1. The van der Waals surface area contributed by atoms with Crippen molar-refractivity contribution in [1.29, 1.82) is 0 Å². The number of Topliss-reactive ketones (excluding diaryl/α,β-unsaturated/α-hetero) is 2. The smallest absolute Gasteiger partial charge is 0.374 e. The number of hydrogen-bond acceptors (Lipinski definition) is 11. The van der Waals surface area contributed by atoms with Gasteiger partial charge in [-0.2, -0.15) is 0 Å². The molecule has 0 saturated carbocycles. The van der Waals surface area contributed by atoms with E-state index in [1.165, 1.54) is 13.9 Å². The minimum atomic E-state index is -1.01. The first kappa shape index (κ1) is 59.4. The van der Waals surface area contributed by atoms with Gasteiger partial charge < -0.3 is 41.0 Å². The van der Waals surface area contributed by atoms with Crippen molar-refractivity contribution in [2.24, 2.45) is 23.7 Å². The van der Waals surface area contributed by atoms with Crippen molar-refractivity contribution in [3.8, 4) is 0 Å². The second-order valence-corrected chi connectivity index (χ2v) is 19.4. The number of hydrogen-bond donors (Lipinski definition) is 7. The third kappa shape index (κ3) is 21.1. The molecule has 382 valence electrons. The molecule has 4 aromatic rings. The molecule has 0 saturated heterocycles. The summed E-state index contributed by atoms with van der Waals surface area (Å²) in [4.78, 5) is 77.9. The number of esters is 1. The van der Waals surface area contributed by atoms with Crippen molar-refractivity contribution >= 4 is 49.4 Å². The number of carbonyl (C=O) groups excluding carboxylic acids is 5. The maximum atomic E-state index is 13.5. The molecule has 0 aliphatic carbocycles. The van der Waals surface area contributed by atoms with Crippen LogP contribution in [0.2, 0.25) is 13.6 Å². The number of nitrogens with one attached hydrogen (secondary N) is 4. The highest BCUT2D eigenvalue weighted by atomic mass is 16.5. The highest BCUT2D eigenvalue weighted by Gasteiger charge is 2.35. The van der Waals surface area contributed by atoms with Crippen LogP contribution in [-0.4, -0.2) is 95.9 Å². The van der Waals surface area contributed by atoms with Gasteiger partial charge in [0.05, 0.1) is 43.1 Å². The Morgan fingerprint density at radius 2 is 0.845 bits per heavy atom. The maximum absolute atomic E-state index is 13.5. The van der Waals surface area contributed by atoms with Gasteiger partial charge in [0.15, 0.2) is 11.6 Å². The molecule has 0 aromatic heterocycles. The number of rotatable bonds is 28. The van der Waals surface area contributed by atoms with E-state index in [4.69, 9.17) is 4.74 Å². The van der Waals surface area contributed by atoms with Crippen LogP contribution in [0.4, 0.5) is 0 Å². The number of ketones is 2. The van der Waals surface area contributed by atoms with Gasteiger partial charge in [-0.25, -0.2) is 0 Å². The third-order valence-corrected chi connectivity index (χ3v) is 12.3. The van der Waals surface area contributed by atoms with Crippen molar-refractivity contribution in [3.05, 3.63) is 144 Å². The Labute approximate surface area is 421 Å². The predicted octanol–water partition coefficient (Wildman–Crippen LogP) is 6.67. The van der Waals surface area contributed by atoms with Gasteiger partial charge in [-0.1, -0.05) is 163 Å². The lowest BCUT2D eigenvalue weighted by atomic mass is 9.82. The summed E-state index contributed by atoms with van der Waals surface area (Å²) >= 11 is 0. The molecule has 4 aromatic carbocycles. The van der Waals surface area contributed by atoms with Crippen LogP contribution in [0.3, 0.4) is 0 Å². The van der Waals surface area contributed by atoms with Crippen molar-refractivity contribution in [3.63, 3.8) is 0 Å². The molecule has 0 heterocycles. The minimum Gasteiger partial charge on any atom is -0.481 e. The first-order valence-corrected chi connectivity index (χ1v) is 24.7. The average molecular weight is 975 g/mol. The van der Waals surface area contributed by atoms with Gasteiger partial charge >= 0.3 is 26.0 Å². The van der Waals surface area contributed by atoms with E-state index in [-0.39, 0.29) is 60.4 Å². The fourth-order valence-electron chi connectivity index (χ4n) is 8.63. The summed E-state index contributed by atoms with van der Waals surface area (Å²) in [6.45, 7) is 14.7. The van der Waals surface area contributed by atoms with Crippen LogP contribution in [0, 0.1) is 23.7 Å². The van der Waals surface area contributed by atoms with Crippen LogP contribution in [0.1, 0.15) is 101 Å². The van der Waals surface area contributed by atoms with Crippen LogP contribution in [-0.2, 0) is 46.3 Å². The molecule has 0 bridgehead atoms. The molecule has 7 N–H and O–H groups in total. The van der Waals surface area contributed by atoms with Crippen LogP contribution in [0.15, 0.2) is 121 Å². The lowest BCUT2D eigenvalue weighted by molar-refractivity contribution is -0.148. The van der Waals surface area contributed by atoms with Gasteiger partial charge in [-0.3, -0.25) is 28.8 Å². The Kier molecular flexibility index (Phi) is 25.7. The molecule has 4 rings (SSSR count). The second-order valence-electron chi connectivity index (χ2n) is 19.4. The molecule has 14 nitrogen and oxygen atoms in total. The van der Waals surface area contributed by atoms with E-state index >= 15 is 0 Å². The Balaban J connectivity index is 0.000000375. The number of benzene rings is 4. The van der Waals surface area contributed by atoms with Crippen molar-refractivity contribution in [2.45, 2.75) is 130 Å². The van der Waals surface area contributed by atoms with Crippen molar-refractivity contribution < 1.29 is 48.7 Å². The van der Waals surface area contributed by atoms with Gasteiger partial charge in [0.1, 0.15) is 0 Å². The Morgan fingerprint density at radius 1 is 0.521 bits per heavy atom. The molecule has 8 atom stereocenters. The SMILES string of the molecule is CB(O)N[C@@H](C(=O)N[C@H](Cc1ccccc1)C(=O)C[C@H](CC(C)C)C(=O)O)[C@H](C)c1ccccc1.COC(=O)[C@H](CC(=O)[C@@H](Cc1ccccc1)NC(=O)[C@H](NB(C)O)[C@H](C)c1ccccc1)CC(C)C. The van der Waals surface area contributed by atoms with Gasteiger partial charge in [0.2, 0.25) is 11.8 Å². The largest absolute Gasteiger partial charge is 0.481 e. The number of carboxylic acids is 1. The molecule has 0 radical (unpaired) electrons. The van der Waals surface area contributed by atoms with E-state index < -0.39 is 67.9 Å². The molecule has 0 unspecified atom stereocenters. The Morgan fingerprint density at radius 3 is 1.15 bits per heavy atom. The summed E-state index contributed by atoms with van der Waals surface area (Å²) in [6.07, 6.45) is 1.26. The van der Waals surface area contributed by atoms with E-state index in [1.807, 2.05) is 163 Å². The Bertz CT molecular complexity index is 2240. The van der Waals surface area contributed by atoms with Crippen molar-refractivity contribution in [1.82, 2.24) is 21.1 Å².